The number of fused-ring (bicyclic) bond motifs is 6. The highest BCUT2D eigenvalue weighted by molar-refractivity contribution is 6.13. The van der Waals surface area contributed by atoms with Gasteiger partial charge >= 0.3 is 6.18 Å². The molecule has 0 aliphatic heterocycles. The van der Waals surface area contributed by atoms with Crippen molar-refractivity contribution < 1.29 is 13.2 Å². The maximum atomic E-state index is 14.3. The second-order valence-corrected chi connectivity index (χ2v) is 22.5. The maximum Gasteiger partial charge on any atom is 0.416 e. The topological polar surface area (TPSA) is 57.4 Å². The molecule has 0 N–H and O–H groups in total. The highest BCUT2D eigenvalue weighted by Gasteiger charge is 2.33. The fourth-order valence-electron chi connectivity index (χ4n) is 9.78. The number of halogens is 3. The van der Waals surface area contributed by atoms with Crippen molar-refractivity contribution in [2.75, 3.05) is 0 Å². The average molecular weight is 903 g/mol. The summed E-state index contributed by atoms with van der Waals surface area (Å²) in [6.45, 7) is 26.5. The average Bonchev–Trinajstić information content (AvgIpc) is 3.78. The van der Waals surface area contributed by atoms with E-state index in [2.05, 4.69) is 177 Å². The molecule has 0 unspecified atom stereocenters. The van der Waals surface area contributed by atoms with Gasteiger partial charge in [-0.15, -0.1) is 0 Å². The Labute approximate surface area is 397 Å². The molecule has 0 bridgehead atoms. The highest BCUT2D eigenvalue weighted by atomic mass is 19.4. The smallest absolute Gasteiger partial charge is 0.309 e. The predicted molar refractivity (Wildman–Crippen MR) is 275 cm³/mol. The molecule has 0 atom stereocenters. The maximum absolute atomic E-state index is 14.3. The molecule has 7 heteroatoms. The quantitative estimate of drug-likeness (QED) is 0.177. The second kappa shape index (κ2) is 15.7. The van der Waals surface area contributed by atoms with Gasteiger partial charge in [-0.25, -0.2) is 0 Å². The largest absolute Gasteiger partial charge is 0.416 e. The molecule has 0 fully saturated rings. The zero-order chi connectivity index (χ0) is 49.0. The fourth-order valence-corrected chi connectivity index (χ4v) is 9.78. The standard InChI is InChI=1S/C61H57F3N4/c1-57(2,3)38-20-25-49-45(30-38)46-31-39(58(4,5)6)21-26-50(46)67(49)53-17-13-15-36(34-65)55(53)56-44(43-24-19-42(61(62,63)64)29-37(43)35-66)16-14-18-54(56)68-51-27-22-40(59(7,8)9)32-47(51)48-33-41(60(10,11)12)23-28-52(48)68/h13-33H,1-12H3. The molecule has 4 nitrogen and oxygen atoms in total. The van der Waals surface area contributed by atoms with E-state index in [1.165, 1.54) is 28.3 Å². The van der Waals surface area contributed by atoms with Crippen LogP contribution in [-0.4, -0.2) is 9.13 Å². The van der Waals surface area contributed by atoms with Gasteiger partial charge in [0.15, 0.2) is 0 Å². The van der Waals surface area contributed by atoms with E-state index in [-0.39, 0.29) is 27.2 Å². The van der Waals surface area contributed by atoms with E-state index >= 15 is 0 Å². The molecule has 342 valence electrons. The van der Waals surface area contributed by atoms with Crippen LogP contribution in [0.4, 0.5) is 13.2 Å². The lowest BCUT2D eigenvalue weighted by Crippen LogP contribution is -2.10. The number of aromatic nitrogens is 2. The monoisotopic (exact) mass is 902 g/mol. The van der Waals surface area contributed by atoms with Crippen molar-refractivity contribution in [2.45, 2.75) is 111 Å². The third kappa shape index (κ3) is 7.73. The SMILES string of the molecule is CC(C)(C)c1ccc2c(c1)c1cc(C(C)(C)C)ccc1n2-c1cccc(C#N)c1-c1c(-c2ccc(C(F)(F)F)cc2C#N)cccc1-n1c2ccc(C(C)(C)C)cc2c2cc(C(C)(C)C)ccc21. The summed E-state index contributed by atoms with van der Waals surface area (Å²) in [6, 6.07) is 46.0. The van der Waals surface area contributed by atoms with Crippen molar-refractivity contribution in [1.29, 1.82) is 10.5 Å². The molecule has 0 amide bonds. The lowest BCUT2D eigenvalue weighted by molar-refractivity contribution is -0.137. The van der Waals surface area contributed by atoms with Gasteiger partial charge in [-0.05, 0) is 128 Å². The zero-order valence-electron chi connectivity index (χ0n) is 41.0. The van der Waals surface area contributed by atoms with Crippen LogP contribution in [-0.2, 0) is 27.8 Å². The number of benzene rings is 7. The number of hydrogen-bond acceptors (Lipinski definition) is 2. The summed E-state index contributed by atoms with van der Waals surface area (Å²) >= 11 is 0. The third-order valence-electron chi connectivity index (χ3n) is 13.7. The van der Waals surface area contributed by atoms with Gasteiger partial charge in [0.1, 0.15) is 0 Å². The Hall–Kier alpha value is -7.09. The number of rotatable bonds is 4. The first kappa shape index (κ1) is 46.0. The van der Waals surface area contributed by atoms with Gasteiger partial charge < -0.3 is 9.13 Å². The second-order valence-electron chi connectivity index (χ2n) is 22.5. The molecule has 0 saturated heterocycles. The molecule has 0 saturated carbocycles. The molecular formula is C61H57F3N4. The molecule has 68 heavy (non-hydrogen) atoms. The van der Waals surface area contributed by atoms with Crippen LogP contribution in [0.5, 0.6) is 0 Å². The van der Waals surface area contributed by atoms with E-state index in [1.54, 1.807) is 6.07 Å². The van der Waals surface area contributed by atoms with E-state index in [1.807, 2.05) is 30.3 Å². The Morgan fingerprint density at radius 3 is 1.07 bits per heavy atom. The van der Waals surface area contributed by atoms with Gasteiger partial charge in [0.2, 0.25) is 0 Å². The van der Waals surface area contributed by atoms with Gasteiger partial charge in [-0.2, -0.15) is 23.7 Å². The third-order valence-corrected chi connectivity index (χ3v) is 13.7. The lowest BCUT2D eigenvalue weighted by Gasteiger charge is -2.24. The van der Waals surface area contributed by atoms with Crippen molar-refractivity contribution in [2.24, 2.45) is 0 Å². The van der Waals surface area contributed by atoms with Crippen LogP contribution < -0.4 is 0 Å². The first-order valence-electron chi connectivity index (χ1n) is 23.3. The summed E-state index contributed by atoms with van der Waals surface area (Å²) in [5.41, 5.74) is 10.8. The molecule has 0 aliphatic carbocycles. The molecule has 9 rings (SSSR count). The molecule has 9 aromatic rings. The molecular weight excluding hydrogens is 846 g/mol. The van der Waals surface area contributed by atoms with Gasteiger partial charge in [-0.3, -0.25) is 0 Å². The van der Waals surface area contributed by atoms with Crippen molar-refractivity contribution in [1.82, 2.24) is 9.13 Å². The Morgan fingerprint density at radius 1 is 0.368 bits per heavy atom. The number of nitrogens with zero attached hydrogens (tertiary/aromatic N) is 4. The lowest BCUT2D eigenvalue weighted by atomic mass is 9.85. The number of hydrogen-bond donors (Lipinski definition) is 0. The summed E-state index contributed by atoms with van der Waals surface area (Å²) in [5.74, 6) is 0. The van der Waals surface area contributed by atoms with Crippen molar-refractivity contribution in [3.63, 3.8) is 0 Å². The van der Waals surface area contributed by atoms with Gasteiger partial charge in [0, 0.05) is 38.2 Å². The van der Waals surface area contributed by atoms with Gasteiger partial charge in [0.05, 0.1) is 62.3 Å². The zero-order valence-corrected chi connectivity index (χ0v) is 41.0. The van der Waals surface area contributed by atoms with Crippen LogP contribution in [0.1, 0.15) is 122 Å². The fraction of sp³-hybridized carbons (Fsp3) is 0.279. The van der Waals surface area contributed by atoms with E-state index in [9.17, 15) is 23.7 Å². The molecule has 2 heterocycles. The summed E-state index contributed by atoms with van der Waals surface area (Å²) < 4.78 is 47.4. The summed E-state index contributed by atoms with van der Waals surface area (Å²) in [4.78, 5) is 0. The Bertz CT molecular complexity index is 3470. The Morgan fingerprint density at radius 2 is 0.721 bits per heavy atom. The first-order chi connectivity index (χ1) is 31.8. The van der Waals surface area contributed by atoms with Gasteiger partial charge in [-0.1, -0.05) is 132 Å². The Kier molecular flexibility index (Phi) is 10.7. The molecule has 7 aromatic carbocycles. The molecule has 2 aromatic heterocycles. The van der Waals surface area contributed by atoms with Crippen LogP contribution >= 0.6 is 0 Å². The van der Waals surface area contributed by atoms with Crippen molar-refractivity contribution in [3.05, 3.63) is 166 Å². The van der Waals surface area contributed by atoms with Crippen molar-refractivity contribution >= 4 is 43.6 Å². The van der Waals surface area contributed by atoms with Gasteiger partial charge in [0.25, 0.3) is 0 Å². The minimum absolute atomic E-state index is 0.123. The number of alkyl halides is 3. The molecule has 0 spiro atoms. The summed E-state index contributed by atoms with van der Waals surface area (Å²) in [5, 5.41) is 26.2. The minimum atomic E-state index is -4.66. The van der Waals surface area contributed by atoms with E-state index in [0.717, 1.165) is 61.4 Å². The number of nitriles is 2. The van der Waals surface area contributed by atoms with E-state index in [0.29, 0.717) is 33.5 Å². The predicted octanol–water partition coefficient (Wildman–Crippen LogP) is 17.2. The van der Waals surface area contributed by atoms with Crippen LogP contribution in [0.2, 0.25) is 0 Å². The summed E-state index contributed by atoms with van der Waals surface area (Å²) in [6.07, 6.45) is -4.66. The molecule has 0 aliphatic rings. The highest BCUT2D eigenvalue weighted by Crippen LogP contribution is 2.48. The van der Waals surface area contributed by atoms with Crippen molar-refractivity contribution in [3.8, 4) is 45.8 Å². The molecule has 0 radical (unpaired) electrons. The normalized spacial score (nSPS) is 12.9. The van der Waals surface area contributed by atoms with Crippen LogP contribution in [0.25, 0.3) is 77.2 Å². The first-order valence-corrected chi connectivity index (χ1v) is 23.3. The Balaban J connectivity index is 1.49. The van der Waals surface area contributed by atoms with Crippen LogP contribution in [0.15, 0.2) is 127 Å². The minimum Gasteiger partial charge on any atom is -0.309 e. The van der Waals surface area contributed by atoms with Crippen LogP contribution in [0, 0.1) is 22.7 Å². The van der Waals surface area contributed by atoms with E-state index in [4.69, 9.17) is 0 Å². The van der Waals surface area contributed by atoms with Crippen LogP contribution in [0.3, 0.4) is 0 Å². The summed E-state index contributed by atoms with van der Waals surface area (Å²) in [7, 11) is 0. The van der Waals surface area contributed by atoms with E-state index < -0.39 is 11.7 Å².